The highest BCUT2D eigenvalue weighted by Gasteiger charge is 2.26. The lowest BCUT2D eigenvalue weighted by Gasteiger charge is -2.18. The van der Waals surface area contributed by atoms with E-state index in [2.05, 4.69) is 46.4 Å². The van der Waals surface area contributed by atoms with Crippen molar-refractivity contribution < 1.29 is 0 Å². The average Bonchev–Trinajstić information content (AvgIpc) is 2.59. The van der Waals surface area contributed by atoms with Crippen molar-refractivity contribution in [2.45, 2.75) is 23.8 Å². The first kappa shape index (κ1) is 10.5. The van der Waals surface area contributed by atoms with Crippen LogP contribution in [0.25, 0.3) is 0 Å². The summed E-state index contributed by atoms with van der Waals surface area (Å²) in [6, 6.07) is 7.15. The third-order valence-electron chi connectivity index (χ3n) is 2.85. The van der Waals surface area contributed by atoms with Gasteiger partial charge in [0.1, 0.15) is 0 Å². The minimum absolute atomic E-state index is 0.554. The number of hydrogen-bond acceptors (Lipinski definition) is 2. The Morgan fingerprint density at radius 3 is 3.07 bits per heavy atom. The summed E-state index contributed by atoms with van der Waals surface area (Å²) >= 11 is 5.50. The molecule has 0 aliphatic carbocycles. The van der Waals surface area contributed by atoms with E-state index in [0.29, 0.717) is 12.0 Å². The van der Waals surface area contributed by atoms with E-state index in [0.717, 1.165) is 0 Å². The Kier molecular flexibility index (Phi) is 3.20. The van der Waals surface area contributed by atoms with Gasteiger partial charge < -0.3 is 5.32 Å². The zero-order valence-electron chi connectivity index (χ0n) is 8.38. The molecule has 1 N–H and O–H groups in total. The van der Waals surface area contributed by atoms with Gasteiger partial charge in [0.2, 0.25) is 0 Å². The van der Waals surface area contributed by atoms with E-state index >= 15 is 0 Å². The molecule has 0 radical (unpaired) electrons. The molecule has 2 atom stereocenters. The van der Waals surface area contributed by atoms with Crippen molar-refractivity contribution in [1.29, 1.82) is 0 Å². The van der Waals surface area contributed by atoms with Crippen molar-refractivity contribution in [2.24, 2.45) is 0 Å². The Hall–Kier alpha value is 0.01000. The van der Waals surface area contributed by atoms with E-state index in [-0.39, 0.29) is 0 Å². The maximum Gasteiger partial charge on any atom is 0.0178 e. The fraction of sp³-hybridized carbons (Fsp3) is 0.455. The number of fused-ring (bicyclic) bond motifs is 1. The maximum absolute atomic E-state index is 3.53. The minimum Gasteiger partial charge on any atom is -0.317 e. The zero-order valence-corrected chi connectivity index (χ0v) is 10.8. The second kappa shape index (κ2) is 4.25. The first-order valence-corrected chi connectivity index (χ1v) is 6.59. The molecular formula is C11H14BrNS. The SMILES string of the molecule is CNC(C)C1CSc2ccc(Br)cc21. The predicted molar refractivity (Wildman–Crippen MR) is 66.1 cm³/mol. The quantitative estimate of drug-likeness (QED) is 0.887. The largest absolute Gasteiger partial charge is 0.317 e. The highest BCUT2D eigenvalue weighted by Crippen LogP contribution is 2.42. The van der Waals surface area contributed by atoms with Crippen LogP contribution in [0.1, 0.15) is 18.4 Å². The normalized spacial score (nSPS) is 22.1. The second-order valence-electron chi connectivity index (χ2n) is 3.68. The van der Waals surface area contributed by atoms with Crippen LogP contribution < -0.4 is 5.32 Å². The lowest BCUT2D eigenvalue weighted by molar-refractivity contribution is 0.531. The predicted octanol–water partition coefficient (Wildman–Crippen LogP) is 3.25. The van der Waals surface area contributed by atoms with Crippen LogP contribution in [-0.2, 0) is 0 Å². The maximum atomic E-state index is 3.53. The fourth-order valence-corrected chi connectivity index (χ4v) is 3.57. The van der Waals surface area contributed by atoms with Crippen molar-refractivity contribution in [3.05, 3.63) is 28.2 Å². The summed E-state index contributed by atoms with van der Waals surface area (Å²) in [6.45, 7) is 2.25. The number of thioether (sulfide) groups is 1. The van der Waals surface area contributed by atoms with Gasteiger partial charge in [-0.25, -0.2) is 0 Å². The third kappa shape index (κ3) is 1.86. The third-order valence-corrected chi connectivity index (χ3v) is 4.55. The highest BCUT2D eigenvalue weighted by atomic mass is 79.9. The lowest BCUT2D eigenvalue weighted by atomic mass is 9.95. The monoisotopic (exact) mass is 271 g/mol. The molecule has 0 fully saturated rings. The second-order valence-corrected chi connectivity index (χ2v) is 5.65. The van der Waals surface area contributed by atoms with E-state index in [1.165, 1.54) is 20.7 Å². The van der Waals surface area contributed by atoms with Gasteiger partial charge >= 0.3 is 0 Å². The smallest absolute Gasteiger partial charge is 0.0178 e. The molecule has 14 heavy (non-hydrogen) atoms. The summed E-state index contributed by atoms with van der Waals surface area (Å²) in [5.41, 5.74) is 1.49. The van der Waals surface area contributed by atoms with Gasteiger partial charge in [-0.05, 0) is 37.7 Å². The van der Waals surface area contributed by atoms with Gasteiger partial charge in [-0.1, -0.05) is 15.9 Å². The molecule has 0 amide bonds. The number of halogens is 1. The van der Waals surface area contributed by atoms with E-state index in [9.17, 15) is 0 Å². The Balaban J connectivity index is 2.33. The van der Waals surface area contributed by atoms with E-state index in [1.54, 1.807) is 0 Å². The van der Waals surface area contributed by atoms with Crippen LogP contribution in [0.15, 0.2) is 27.6 Å². The molecule has 3 heteroatoms. The Labute approximate surface area is 97.8 Å². The number of likely N-dealkylation sites (N-methyl/N-ethyl adjacent to an activating group) is 1. The van der Waals surface area contributed by atoms with Gasteiger partial charge in [-0.15, -0.1) is 11.8 Å². The van der Waals surface area contributed by atoms with Crippen LogP contribution in [0.3, 0.4) is 0 Å². The molecule has 2 rings (SSSR count). The summed E-state index contributed by atoms with van der Waals surface area (Å²) in [7, 11) is 2.03. The Morgan fingerprint density at radius 1 is 1.57 bits per heavy atom. The van der Waals surface area contributed by atoms with E-state index in [1.807, 2.05) is 18.8 Å². The van der Waals surface area contributed by atoms with Gasteiger partial charge in [-0.2, -0.15) is 0 Å². The van der Waals surface area contributed by atoms with Crippen LogP contribution in [0.5, 0.6) is 0 Å². The van der Waals surface area contributed by atoms with Crippen molar-refractivity contribution in [1.82, 2.24) is 5.32 Å². The molecule has 1 aromatic carbocycles. The van der Waals surface area contributed by atoms with Crippen molar-refractivity contribution in [2.75, 3.05) is 12.8 Å². The summed E-state index contributed by atoms with van der Waals surface area (Å²) in [6.07, 6.45) is 0. The van der Waals surface area contributed by atoms with Gasteiger partial charge in [0, 0.05) is 27.1 Å². The van der Waals surface area contributed by atoms with Crippen LogP contribution in [0.2, 0.25) is 0 Å². The van der Waals surface area contributed by atoms with E-state index < -0.39 is 0 Å². The Morgan fingerprint density at radius 2 is 2.36 bits per heavy atom. The van der Waals surface area contributed by atoms with Crippen LogP contribution in [-0.4, -0.2) is 18.8 Å². The molecule has 0 saturated heterocycles. The standard InChI is InChI=1S/C11H14BrNS/c1-7(13-2)10-6-14-11-4-3-8(12)5-9(10)11/h3-5,7,10,13H,6H2,1-2H3. The molecule has 0 aromatic heterocycles. The van der Waals surface area contributed by atoms with Gasteiger partial charge in [0.15, 0.2) is 0 Å². The van der Waals surface area contributed by atoms with Crippen molar-refractivity contribution >= 4 is 27.7 Å². The summed E-state index contributed by atoms with van der Waals surface area (Å²) in [5, 5.41) is 3.34. The molecule has 0 spiro atoms. The van der Waals surface area contributed by atoms with Crippen LogP contribution in [0.4, 0.5) is 0 Å². The minimum atomic E-state index is 0.554. The molecule has 1 nitrogen and oxygen atoms in total. The van der Waals surface area contributed by atoms with Gasteiger partial charge in [0.25, 0.3) is 0 Å². The zero-order chi connectivity index (χ0) is 10.1. The number of hydrogen-bond donors (Lipinski definition) is 1. The average molecular weight is 272 g/mol. The Bertz CT molecular complexity index is 340. The molecule has 0 bridgehead atoms. The topological polar surface area (TPSA) is 12.0 Å². The summed E-state index contributed by atoms with van der Waals surface area (Å²) in [4.78, 5) is 1.44. The van der Waals surface area contributed by atoms with Crippen molar-refractivity contribution in [3.63, 3.8) is 0 Å². The molecule has 76 valence electrons. The number of benzene rings is 1. The number of rotatable bonds is 2. The molecule has 2 unspecified atom stereocenters. The van der Waals surface area contributed by atoms with Crippen molar-refractivity contribution in [3.8, 4) is 0 Å². The molecular weight excluding hydrogens is 258 g/mol. The summed E-state index contributed by atoms with van der Waals surface area (Å²) in [5.74, 6) is 1.85. The molecule has 1 aliphatic rings. The molecule has 1 aliphatic heterocycles. The number of nitrogens with one attached hydrogen (secondary N) is 1. The van der Waals surface area contributed by atoms with Crippen LogP contribution >= 0.6 is 27.7 Å². The summed E-state index contributed by atoms with van der Waals surface area (Å²) < 4.78 is 1.19. The lowest BCUT2D eigenvalue weighted by Crippen LogP contribution is -2.28. The van der Waals surface area contributed by atoms with Crippen LogP contribution in [0, 0.1) is 0 Å². The van der Waals surface area contributed by atoms with Gasteiger partial charge in [-0.3, -0.25) is 0 Å². The molecule has 1 heterocycles. The first-order chi connectivity index (χ1) is 6.72. The molecule has 0 saturated carbocycles. The van der Waals surface area contributed by atoms with Gasteiger partial charge in [0.05, 0.1) is 0 Å². The highest BCUT2D eigenvalue weighted by molar-refractivity contribution is 9.10. The fourth-order valence-electron chi connectivity index (χ4n) is 1.82. The first-order valence-electron chi connectivity index (χ1n) is 4.82. The van der Waals surface area contributed by atoms with E-state index in [4.69, 9.17) is 0 Å². The molecule has 1 aromatic rings.